The van der Waals surface area contributed by atoms with Crippen LogP contribution in [0.2, 0.25) is 0 Å². The molecule has 0 spiro atoms. The summed E-state index contributed by atoms with van der Waals surface area (Å²) in [6.07, 6.45) is 0. The molecule has 0 amide bonds. The van der Waals surface area contributed by atoms with Crippen molar-refractivity contribution in [3.63, 3.8) is 0 Å². The van der Waals surface area contributed by atoms with Gasteiger partial charge in [-0.3, -0.25) is 0 Å². The number of aryl methyl sites for hydroxylation is 3. The summed E-state index contributed by atoms with van der Waals surface area (Å²) in [4.78, 5) is 0. The highest BCUT2D eigenvalue weighted by Gasteiger charge is 2.08. The van der Waals surface area contributed by atoms with Crippen LogP contribution < -0.4 is 5.32 Å². The highest BCUT2D eigenvalue weighted by Crippen LogP contribution is 2.20. The van der Waals surface area contributed by atoms with E-state index in [1.54, 1.807) is 6.07 Å². The van der Waals surface area contributed by atoms with E-state index in [0.717, 1.165) is 12.1 Å². The van der Waals surface area contributed by atoms with E-state index in [0.29, 0.717) is 5.75 Å². The molecule has 2 heteroatoms. The molecule has 2 rings (SSSR count). The Morgan fingerprint density at radius 3 is 2.30 bits per heavy atom. The van der Waals surface area contributed by atoms with E-state index in [4.69, 9.17) is 0 Å². The molecule has 106 valence electrons. The van der Waals surface area contributed by atoms with Crippen molar-refractivity contribution < 1.29 is 5.11 Å². The van der Waals surface area contributed by atoms with Crippen LogP contribution in [0.15, 0.2) is 36.4 Å². The summed E-state index contributed by atoms with van der Waals surface area (Å²) in [5, 5.41) is 13.1. The molecule has 0 aliphatic carbocycles. The van der Waals surface area contributed by atoms with E-state index in [-0.39, 0.29) is 6.04 Å². The third kappa shape index (κ3) is 3.40. The third-order valence-electron chi connectivity index (χ3n) is 3.80. The minimum Gasteiger partial charge on any atom is -0.508 e. The van der Waals surface area contributed by atoms with Gasteiger partial charge in [-0.25, -0.2) is 0 Å². The number of phenolic OH excluding ortho intramolecular Hbond substituents is 1. The summed E-state index contributed by atoms with van der Waals surface area (Å²) in [6.45, 7) is 9.42. The van der Waals surface area contributed by atoms with Gasteiger partial charge in [-0.1, -0.05) is 29.8 Å². The standard InChI is InChI=1S/C18H23NO/c1-12-8-13(2)18(14(3)9-12)11-19-15(4)16-6-5-7-17(20)10-16/h5-10,15,19-20H,11H2,1-4H3. The maximum Gasteiger partial charge on any atom is 0.115 e. The Hall–Kier alpha value is -1.80. The number of hydrogen-bond acceptors (Lipinski definition) is 2. The fourth-order valence-corrected chi connectivity index (χ4v) is 2.66. The van der Waals surface area contributed by atoms with Gasteiger partial charge in [-0.15, -0.1) is 0 Å². The van der Waals surface area contributed by atoms with Gasteiger partial charge in [0.05, 0.1) is 0 Å². The Balaban J connectivity index is 2.09. The number of nitrogens with one attached hydrogen (secondary N) is 1. The van der Waals surface area contributed by atoms with E-state index in [1.165, 1.54) is 22.3 Å². The monoisotopic (exact) mass is 269 g/mol. The molecule has 0 aromatic heterocycles. The summed E-state index contributed by atoms with van der Waals surface area (Å²) >= 11 is 0. The number of phenols is 1. The highest BCUT2D eigenvalue weighted by molar-refractivity contribution is 5.37. The van der Waals surface area contributed by atoms with Gasteiger partial charge in [0.15, 0.2) is 0 Å². The first-order chi connectivity index (χ1) is 9.47. The van der Waals surface area contributed by atoms with Crippen molar-refractivity contribution in [3.8, 4) is 5.75 Å². The highest BCUT2D eigenvalue weighted by atomic mass is 16.3. The molecule has 20 heavy (non-hydrogen) atoms. The van der Waals surface area contributed by atoms with Gasteiger partial charge in [0.2, 0.25) is 0 Å². The lowest BCUT2D eigenvalue weighted by molar-refractivity contribution is 0.472. The lowest BCUT2D eigenvalue weighted by atomic mass is 9.99. The fraction of sp³-hybridized carbons (Fsp3) is 0.333. The van der Waals surface area contributed by atoms with Crippen molar-refractivity contribution in [3.05, 3.63) is 64.2 Å². The van der Waals surface area contributed by atoms with Crippen LogP contribution >= 0.6 is 0 Å². The molecular formula is C18H23NO. The zero-order valence-corrected chi connectivity index (χ0v) is 12.7. The number of benzene rings is 2. The molecule has 0 fully saturated rings. The second-order valence-corrected chi connectivity index (χ2v) is 5.57. The number of aromatic hydroxyl groups is 1. The second-order valence-electron chi connectivity index (χ2n) is 5.57. The molecule has 2 aromatic rings. The Morgan fingerprint density at radius 1 is 1.05 bits per heavy atom. The fourth-order valence-electron chi connectivity index (χ4n) is 2.66. The molecule has 2 nitrogen and oxygen atoms in total. The topological polar surface area (TPSA) is 32.3 Å². The van der Waals surface area contributed by atoms with E-state index in [1.807, 2.05) is 18.2 Å². The Kier molecular flexibility index (Phi) is 4.46. The predicted octanol–water partition coefficient (Wildman–Crippen LogP) is 4.17. The van der Waals surface area contributed by atoms with E-state index < -0.39 is 0 Å². The van der Waals surface area contributed by atoms with Gasteiger partial charge in [-0.05, 0) is 62.1 Å². The number of rotatable bonds is 4. The van der Waals surface area contributed by atoms with Gasteiger partial charge in [-0.2, -0.15) is 0 Å². The molecule has 0 aliphatic rings. The SMILES string of the molecule is Cc1cc(C)c(CNC(C)c2cccc(O)c2)c(C)c1. The minimum atomic E-state index is 0.210. The first-order valence-electron chi connectivity index (χ1n) is 7.06. The lowest BCUT2D eigenvalue weighted by Crippen LogP contribution is -2.19. The minimum absolute atomic E-state index is 0.210. The number of hydrogen-bond donors (Lipinski definition) is 2. The average molecular weight is 269 g/mol. The molecule has 0 saturated heterocycles. The van der Waals surface area contributed by atoms with Crippen molar-refractivity contribution in [2.75, 3.05) is 0 Å². The zero-order chi connectivity index (χ0) is 14.7. The molecule has 0 radical (unpaired) electrons. The molecule has 2 aromatic carbocycles. The van der Waals surface area contributed by atoms with E-state index in [9.17, 15) is 5.11 Å². The van der Waals surface area contributed by atoms with Gasteiger partial charge in [0.1, 0.15) is 5.75 Å². The smallest absolute Gasteiger partial charge is 0.115 e. The largest absolute Gasteiger partial charge is 0.508 e. The van der Waals surface area contributed by atoms with Gasteiger partial charge < -0.3 is 10.4 Å². The maximum atomic E-state index is 9.54. The molecule has 0 bridgehead atoms. The molecule has 0 heterocycles. The Bertz CT molecular complexity index is 581. The average Bonchev–Trinajstić information content (AvgIpc) is 2.37. The summed E-state index contributed by atoms with van der Waals surface area (Å²) in [6, 6.07) is 12.1. The molecule has 0 aliphatic heterocycles. The first-order valence-corrected chi connectivity index (χ1v) is 7.06. The summed E-state index contributed by atoms with van der Waals surface area (Å²) in [7, 11) is 0. The summed E-state index contributed by atoms with van der Waals surface area (Å²) < 4.78 is 0. The van der Waals surface area contributed by atoms with Crippen molar-refractivity contribution in [1.29, 1.82) is 0 Å². The maximum absolute atomic E-state index is 9.54. The second kappa shape index (κ2) is 6.10. The first kappa shape index (κ1) is 14.6. The molecule has 2 N–H and O–H groups in total. The Labute approximate surface area is 121 Å². The molecule has 0 saturated carbocycles. The van der Waals surface area contributed by atoms with Crippen molar-refractivity contribution in [1.82, 2.24) is 5.32 Å². The van der Waals surface area contributed by atoms with Gasteiger partial charge >= 0.3 is 0 Å². The quantitative estimate of drug-likeness (QED) is 0.873. The van der Waals surface area contributed by atoms with Crippen LogP contribution in [0.4, 0.5) is 0 Å². The predicted molar refractivity (Wildman–Crippen MR) is 84.0 cm³/mol. The van der Waals surface area contributed by atoms with Crippen molar-refractivity contribution in [2.45, 2.75) is 40.3 Å². The molecular weight excluding hydrogens is 246 g/mol. The van der Waals surface area contributed by atoms with Gasteiger partial charge in [0, 0.05) is 12.6 Å². The van der Waals surface area contributed by atoms with Crippen molar-refractivity contribution >= 4 is 0 Å². The van der Waals surface area contributed by atoms with Crippen LogP contribution in [0.5, 0.6) is 5.75 Å². The summed E-state index contributed by atoms with van der Waals surface area (Å²) in [5.74, 6) is 0.318. The van der Waals surface area contributed by atoms with Crippen LogP contribution in [-0.4, -0.2) is 5.11 Å². The molecule has 1 unspecified atom stereocenters. The van der Waals surface area contributed by atoms with Crippen LogP contribution in [-0.2, 0) is 6.54 Å². The van der Waals surface area contributed by atoms with Crippen LogP contribution in [0.1, 0.15) is 40.8 Å². The zero-order valence-electron chi connectivity index (χ0n) is 12.7. The van der Waals surface area contributed by atoms with Crippen molar-refractivity contribution in [2.24, 2.45) is 0 Å². The lowest BCUT2D eigenvalue weighted by Gasteiger charge is -2.17. The van der Waals surface area contributed by atoms with E-state index in [2.05, 4.69) is 45.1 Å². The van der Waals surface area contributed by atoms with Crippen LogP contribution in [0, 0.1) is 20.8 Å². The molecule has 1 atom stereocenters. The Morgan fingerprint density at radius 2 is 1.70 bits per heavy atom. The van der Waals surface area contributed by atoms with Crippen LogP contribution in [0.3, 0.4) is 0 Å². The normalized spacial score (nSPS) is 12.4. The summed E-state index contributed by atoms with van der Waals surface area (Å²) in [5.41, 5.74) is 6.44. The van der Waals surface area contributed by atoms with Crippen LogP contribution in [0.25, 0.3) is 0 Å². The van der Waals surface area contributed by atoms with E-state index >= 15 is 0 Å². The third-order valence-corrected chi connectivity index (χ3v) is 3.80. The van der Waals surface area contributed by atoms with Gasteiger partial charge in [0.25, 0.3) is 0 Å².